The molecule has 1 aliphatic rings. The van der Waals surface area contributed by atoms with Crippen molar-refractivity contribution in [2.45, 2.75) is 46.6 Å². The van der Waals surface area contributed by atoms with E-state index in [0.29, 0.717) is 5.92 Å². The molecule has 1 saturated heterocycles. The van der Waals surface area contributed by atoms with Gasteiger partial charge in [0.2, 0.25) is 0 Å². The molecule has 1 fully saturated rings. The predicted octanol–water partition coefficient (Wildman–Crippen LogP) is 3.93. The van der Waals surface area contributed by atoms with Gasteiger partial charge < -0.3 is 10.1 Å². The monoisotopic (exact) mass is 318 g/mol. The fraction of sp³-hybridized carbons (Fsp3) is 0.700. The molecule has 0 spiro atoms. The Bertz CT molecular complexity index is 439. The topological polar surface area (TPSA) is 24.5 Å². The zero-order valence-electron chi connectivity index (χ0n) is 15.2. The lowest BCUT2D eigenvalue weighted by molar-refractivity contribution is 0.173. The molecule has 130 valence electrons. The Kier molecular flexibility index (Phi) is 7.90. The van der Waals surface area contributed by atoms with Crippen LogP contribution >= 0.6 is 0 Å². The summed E-state index contributed by atoms with van der Waals surface area (Å²) in [5.41, 5.74) is 1.33. The Balaban J connectivity index is 1.81. The van der Waals surface area contributed by atoms with E-state index in [4.69, 9.17) is 4.74 Å². The van der Waals surface area contributed by atoms with Gasteiger partial charge in [0.1, 0.15) is 5.75 Å². The minimum Gasteiger partial charge on any atom is -0.493 e. The van der Waals surface area contributed by atoms with Gasteiger partial charge in [-0.1, -0.05) is 39.0 Å². The fourth-order valence-corrected chi connectivity index (χ4v) is 3.12. The van der Waals surface area contributed by atoms with Gasteiger partial charge in [0.15, 0.2) is 0 Å². The molecule has 0 radical (unpaired) electrons. The summed E-state index contributed by atoms with van der Waals surface area (Å²) in [6, 6.07) is 8.54. The van der Waals surface area contributed by atoms with E-state index in [2.05, 4.69) is 55.3 Å². The van der Waals surface area contributed by atoms with Crippen molar-refractivity contribution in [3.05, 3.63) is 29.8 Å². The van der Waals surface area contributed by atoms with E-state index in [1.165, 1.54) is 38.0 Å². The molecule has 0 saturated carbocycles. The summed E-state index contributed by atoms with van der Waals surface area (Å²) in [6.45, 7) is 13.2. The smallest absolute Gasteiger partial charge is 0.123 e. The summed E-state index contributed by atoms with van der Waals surface area (Å²) in [7, 11) is 0. The molecule has 0 unspecified atom stereocenters. The number of rotatable bonds is 9. The Morgan fingerprint density at radius 2 is 1.96 bits per heavy atom. The highest BCUT2D eigenvalue weighted by Crippen LogP contribution is 2.24. The Morgan fingerprint density at radius 1 is 1.22 bits per heavy atom. The summed E-state index contributed by atoms with van der Waals surface area (Å²) >= 11 is 0. The zero-order valence-corrected chi connectivity index (χ0v) is 15.2. The maximum Gasteiger partial charge on any atom is 0.123 e. The van der Waals surface area contributed by atoms with Gasteiger partial charge in [-0.15, -0.1) is 0 Å². The summed E-state index contributed by atoms with van der Waals surface area (Å²) in [5, 5.41) is 3.49. The lowest BCUT2D eigenvalue weighted by atomic mass is 9.96. The minimum absolute atomic E-state index is 0.693. The van der Waals surface area contributed by atoms with Crippen LogP contribution < -0.4 is 10.1 Å². The van der Waals surface area contributed by atoms with Crippen molar-refractivity contribution in [3.63, 3.8) is 0 Å². The van der Waals surface area contributed by atoms with Crippen LogP contribution in [-0.2, 0) is 6.54 Å². The van der Waals surface area contributed by atoms with Crippen molar-refractivity contribution in [1.29, 1.82) is 0 Å². The van der Waals surface area contributed by atoms with Gasteiger partial charge in [-0.25, -0.2) is 0 Å². The molecule has 23 heavy (non-hydrogen) atoms. The van der Waals surface area contributed by atoms with Crippen LogP contribution in [-0.4, -0.2) is 37.7 Å². The van der Waals surface area contributed by atoms with Gasteiger partial charge in [0, 0.05) is 12.1 Å². The van der Waals surface area contributed by atoms with E-state index in [1.807, 2.05) is 0 Å². The van der Waals surface area contributed by atoms with Crippen molar-refractivity contribution in [1.82, 2.24) is 10.2 Å². The second kappa shape index (κ2) is 9.94. The predicted molar refractivity (Wildman–Crippen MR) is 97.9 cm³/mol. The van der Waals surface area contributed by atoms with Gasteiger partial charge in [-0.2, -0.15) is 0 Å². The molecule has 1 heterocycles. The van der Waals surface area contributed by atoms with Crippen molar-refractivity contribution in [3.8, 4) is 5.75 Å². The highest BCUT2D eigenvalue weighted by molar-refractivity contribution is 5.33. The number of nitrogens with one attached hydrogen (secondary N) is 1. The van der Waals surface area contributed by atoms with Gasteiger partial charge in [0.25, 0.3) is 0 Å². The van der Waals surface area contributed by atoms with Crippen LogP contribution in [0.5, 0.6) is 5.75 Å². The number of para-hydroxylation sites is 1. The number of ether oxygens (including phenoxy) is 1. The third-order valence-corrected chi connectivity index (χ3v) is 4.71. The summed E-state index contributed by atoms with van der Waals surface area (Å²) < 4.78 is 6.03. The quantitative estimate of drug-likeness (QED) is 0.746. The maximum absolute atomic E-state index is 6.03. The summed E-state index contributed by atoms with van der Waals surface area (Å²) in [6.07, 6.45) is 3.73. The van der Waals surface area contributed by atoms with Crippen molar-refractivity contribution < 1.29 is 4.74 Å². The fourth-order valence-electron chi connectivity index (χ4n) is 3.12. The van der Waals surface area contributed by atoms with E-state index >= 15 is 0 Å². The van der Waals surface area contributed by atoms with Crippen LogP contribution in [0.4, 0.5) is 0 Å². The first-order chi connectivity index (χ1) is 11.2. The van der Waals surface area contributed by atoms with Gasteiger partial charge in [-0.05, 0) is 63.3 Å². The second-order valence-electron chi connectivity index (χ2n) is 7.17. The van der Waals surface area contributed by atoms with Crippen LogP contribution in [0.1, 0.15) is 45.6 Å². The first kappa shape index (κ1) is 18.3. The third-order valence-electron chi connectivity index (χ3n) is 4.71. The van der Waals surface area contributed by atoms with Crippen molar-refractivity contribution in [2.24, 2.45) is 11.8 Å². The normalized spacial score (nSPS) is 16.9. The molecule has 0 aliphatic carbocycles. The molecular weight excluding hydrogens is 284 g/mol. The van der Waals surface area contributed by atoms with E-state index in [-0.39, 0.29) is 0 Å². The van der Waals surface area contributed by atoms with Crippen LogP contribution in [0.3, 0.4) is 0 Å². The van der Waals surface area contributed by atoms with Crippen molar-refractivity contribution in [2.75, 3.05) is 32.8 Å². The minimum atomic E-state index is 0.693. The first-order valence-corrected chi connectivity index (χ1v) is 9.32. The van der Waals surface area contributed by atoms with Crippen LogP contribution in [0.15, 0.2) is 24.3 Å². The van der Waals surface area contributed by atoms with Crippen LogP contribution in [0.25, 0.3) is 0 Å². The molecule has 3 nitrogen and oxygen atoms in total. The molecule has 0 aromatic heterocycles. The number of nitrogens with zero attached hydrogens (tertiary/aromatic N) is 1. The van der Waals surface area contributed by atoms with Gasteiger partial charge >= 0.3 is 0 Å². The highest BCUT2D eigenvalue weighted by Gasteiger charge is 2.19. The second-order valence-corrected chi connectivity index (χ2v) is 7.17. The maximum atomic E-state index is 6.03. The van der Waals surface area contributed by atoms with Gasteiger partial charge in [0.05, 0.1) is 6.61 Å². The number of benzene rings is 1. The first-order valence-electron chi connectivity index (χ1n) is 9.32. The molecule has 3 heteroatoms. The number of piperidine rings is 1. The average molecular weight is 319 g/mol. The standard InChI is InChI=1S/C20H34N2O/c1-4-21-15-18-9-12-22(13-10-18)16-19-7-5-6-8-20(19)23-14-11-17(2)3/h5-8,17-18,21H,4,9-16H2,1-3H3. The molecule has 0 bridgehead atoms. The molecule has 1 aliphatic heterocycles. The molecular formula is C20H34N2O. The number of hydrogen-bond acceptors (Lipinski definition) is 3. The van der Waals surface area contributed by atoms with E-state index in [9.17, 15) is 0 Å². The molecule has 1 aromatic rings. The molecule has 0 amide bonds. The Labute approximate surface area is 142 Å². The van der Waals surface area contributed by atoms with Crippen LogP contribution in [0.2, 0.25) is 0 Å². The third kappa shape index (κ3) is 6.52. The lowest BCUT2D eigenvalue weighted by Crippen LogP contribution is -2.36. The Hall–Kier alpha value is -1.06. The van der Waals surface area contributed by atoms with E-state index < -0.39 is 0 Å². The van der Waals surface area contributed by atoms with Gasteiger partial charge in [-0.3, -0.25) is 4.90 Å². The molecule has 2 rings (SSSR count). The summed E-state index contributed by atoms with van der Waals surface area (Å²) in [5.74, 6) is 2.62. The molecule has 0 atom stereocenters. The van der Waals surface area contributed by atoms with E-state index in [1.54, 1.807) is 0 Å². The highest BCUT2D eigenvalue weighted by atomic mass is 16.5. The molecule has 1 N–H and O–H groups in total. The SMILES string of the molecule is CCNCC1CCN(Cc2ccccc2OCCC(C)C)CC1. The lowest BCUT2D eigenvalue weighted by Gasteiger charge is -2.32. The zero-order chi connectivity index (χ0) is 16.5. The average Bonchev–Trinajstić information content (AvgIpc) is 2.55. The summed E-state index contributed by atoms with van der Waals surface area (Å²) in [4.78, 5) is 2.58. The molecule has 1 aromatic carbocycles. The van der Waals surface area contributed by atoms with Crippen molar-refractivity contribution >= 4 is 0 Å². The largest absolute Gasteiger partial charge is 0.493 e. The van der Waals surface area contributed by atoms with E-state index in [0.717, 1.165) is 37.8 Å². The number of hydrogen-bond donors (Lipinski definition) is 1. The Morgan fingerprint density at radius 3 is 2.65 bits per heavy atom. The number of likely N-dealkylation sites (tertiary alicyclic amines) is 1. The van der Waals surface area contributed by atoms with Crippen LogP contribution in [0, 0.1) is 11.8 Å².